The van der Waals surface area contributed by atoms with Gasteiger partial charge in [0.05, 0.1) is 16.3 Å². The molecule has 0 unspecified atom stereocenters. The van der Waals surface area contributed by atoms with Crippen molar-refractivity contribution >= 4 is 39.1 Å². The number of rotatable bonds is 5. The van der Waals surface area contributed by atoms with E-state index >= 15 is 0 Å². The van der Waals surface area contributed by atoms with Gasteiger partial charge in [-0.25, -0.2) is 12.7 Å². The van der Waals surface area contributed by atoms with Gasteiger partial charge in [0.25, 0.3) is 5.91 Å². The van der Waals surface area contributed by atoms with Crippen LogP contribution in [0, 0.1) is 0 Å². The van der Waals surface area contributed by atoms with Crippen LogP contribution in [-0.4, -0.2) is 42.9 Å². The molecule has 0 spiro atoms. The van der Waals surface area contributed by atoms with Gasteiger partial charge in [-0.05, 0) is 30.5 Å². The predicted octanol–water partition coefficient (Wildman–Crippen LogP) is 3.42. The first-order chi connectivity index (χ1) is 13.3. The smallest absolute Gasteiger partial charge is 0.255 e. The number of carbonyl (C=O) groups is 1. The number of benzene rings is 2. The minimum absolute atomic E-state index is 0.000486. The lowest BCUT2D eigenvalue weighted by Gasteiger charge is -2.31. The van der Waals surface area contributed by atoms with Gasteiger partial charge in [-0.1, -0.05) is 53.5 Å². The number of aromatic hydroxyl groups is 1. The van der Waals surface area contributed by atoms with E-state index in [2.05, 4.69) is 5.32 Å². The lowest BCUT2D eigenvalue weighted by atomic mass is 10.1. The van der Waals surface area contributed by atoms with Crippen molar-refractivity contribution in [3.8, 4) is 5.75 Å². The first-order valence-corrected chi connectivity index (χ1v) is 11.1. The van der Waals surface area contributed by atoms with Crippen molar-refractivity contribution in [2.45, 2.75) is 24.6 Å². The first kappa shape index (κ1) is 20.9. The van der Waals surface area contributed by atoms with Gasteiger partial charge in [-0.3, -0.25) is 4.79 Å². The van der Waals surface area contributed by atoms with Crippen molar-refractivity contribution in [1.82, 2.24) is 9.62 Å². The van der Waals surface area contributed by atoms with E-state index in [1.165, 1.54) is 16.4 Å². The molecule has 0 atom stereocenters. The largest absolute Gasteiger partial charge is 0.506 e. The molecule has 1 saturated heterocycles. The van der Waals surface area contributed by atoms with Gasteiger partial charge in [-0.15, -0.1) is 0 Å². The number of carbonyl (C=O) groups excluding carboxylic acids is 1. The Morgan fingerprint density at radius 2 is 1.79 bits per heavy atom. The normalized spacial score (nSPS) is 16.1. The number of nitrogens with one attached hydrogen (secondary N) is 1. The van der Waals surface area contributed by atoms with Gasteiger partial charge in [0.2, 0.25) is 10.0 Å². The summed E-state index contributed by atoms with van der Waals surface area (Å²) in [6.07, 6.45) is 0.962. The van der Waals surface area contributed by atoms with E-state index < -0.39 is 15.9 Å². The SMILES string of the molecule is O=C(NC1CCN(S(=O)(=O)Cc2ccccc2)CC1)c1cc(Cl)cc(Cl)c1O. The molecule has 2 aromatic carbocycles. The molecule has 28 heavy (non-hydrogen) atoms. The third-order valence-electron chi connectivity index (χ3n) is 4.65. The first-order valence-electron chi connectivity index (χ1n) is 8.77. The standard InChI is InChI=1S/C19H20Cl2N2O4S/c20-14-10-16(18(24)17(21)11-14)19(25)22-15-6-8-23(9-7-15)28(26,27)12-13-4-2-1-3-5-13/h1-5,10-11,15,24H,6-9,12H2,(H,22,25). The minimum atomic E-state index is -3.41. The average Bonchev–Trinajstić information content (AvgIpc) is 2.65. The summed E-state index contributed by atoms with van der Waals surface area (Å²) in [4.78, 5) is 12.4. The van der Waals surface area contributed by atoms with Crippen LogP contribution >= 0.6 is 23.2 Å². The van der Waals surface area contributed by atoms with E-state index in [4.69, 9.17) is 23.2 Å². The van der Waals surface area contributed by atoms with E-state index in [0.717, 1.165) is 5.56 Å². The van der Waals surface area contributed by atoms with Gasteiger partial charge in [-0.2, -0.15) is 0 Å². The number of hydrogen-bond acceptors (Lipinski definition) is 4. The quantitative estimate of drug-likeness (QED) is 0.742. The molecule has 1 amide bonds. The molecule has 3 rings (SSSR count). The van der Waals surface area contributed by atoms with Gasteiger partial charge in [0.1, 0.15) is 5.75 Å². The van der Waals surface area contributed by atoms with Gasteiger partial charge in [0.15, 0.2) is 0 Å². The molecular weight excluding hydrogens is 423 g/mol. The monoisotopic (exact) mass is 442 g/mol. The van der Waals surface area contributed by atoms with E-state index in [9.17, 15) is 18.3 Å². The molecule has 0 aliphatic carbocycles. The Morgan fingerprint density at radius 1 is 1.14 bits per heavy atom. The van der Waals surface area contributed by atoms with Crippen molar-refractivity contribution in [2.24, 2.45) is 0 Å². The Morgan fingerprint density at radius 3 is 2.43 bits per heavy atom. The van der Waals surface area contributed by atoms with E-state index in [1.54, 1.807) is 12.1 Å². The molecule has 2 aromatic rings. The van der Waals surface area contributed by atoms with Gasteiger partial charge < -0.3 is 10.4 Å². The number of hydrogen-bond donors (Lipinski definition) is 2. The average molecular weight is 443 g/mol. The molecule has 0 saturated carbocycles. The zero-order valence-electron chi connectivity index (χ0n) is 14.9. The van der Waals surface area contributed by atoms with Crippen molar-refractivity contribution in [3.63, 3.8) is 0 Å². The van der Waals surface area contributed by atoms with Crippen LogP contribution in [0.5, 0.6) is 5.75 Å². The zero-order chi connectivity index (χ0) is 20.3. The van der Waals surface area contributed by atoms with Crippen LogP contribution in [0.3, 0.4) is 0 Å². The molecule has 0 radical (unpaired) electrons. The van der Waals surface area contributed by atoms with Crippen molar-refractivity contribution in [2.75, 3.05) is 13.1 Å². The fraction of sp³-hybridized carbons (Fsp3) is 0.316. The molecule has 1 fully saturated rings. The van der Waals surface area contributed by atoms with Crippen LogP contribution in [0.25, 0.3) is 0 Å². The molecule has 1 aliphatic heterocycles. The number of piperidine rings is 1. The third-order valence-corrected chi connectivity index (χ3v) is 7.00. The topological polar surface area (TPSA) is 86.7 Å². The Kier molecular flexibility index (Phi) is 6.50. The highest BCUT2D eigenvalue weighted by atomic mass is 35.5. The van der Waals surface area contributed by atoms with Crippen LogP contribution in [0.15, 0.2) is 42.5 Å². The Balaban J connectivity index is 1.59. The Bertz CT molecular complexity index is 959. The molecule has 0 aromatic heterocycles. The molecule has 1 heterocycles. The van der Waals surface area contributed by atoms with Crippen LogP contribution in [0.2, 0.25) is 10.0 Å². The number of nitrogens with zero attached hydrogens (tertiary/aromatic N) is 1. The van der Waals surface area contributed by atoms with Gasteiger partial charge in [0, 0.05) is 24.2 Å². The maximum Gasteiger partial charge on any atom is 0.255 e. The van der Waals surface area contributed by atoms with Crippen LogP contribution in [-0.2, 0) is 15.8 Å². The summed E-state index contributed by atoms with van der Waals surface area (Å²) in [5.41, 5.74) is 0.739. The molecule has 2 N–H and O–H groups in total. The van der Waals surface area contributed by atoms with Crippen molar-refractivity contribution in [3.05, 3.63) is 63.6 Å². The summed E-state index contributed by atoms with van der Waals surface area (Å²) in [5, 5.41) is 13.0. The Hall–Kier alpha value is -1.80. The molecule has 150 valence electrons. The summed E-state index contributed by atoms with van der Waals surface area (Å²) in [6.45, 7) is 0.644. The van der Waals surface area contributed by atoms with Gasteiger partial charge >= 0.3 is 0 Å². The second kappa shape index (κ2) is 8.69. The number of phenols is 1. The highest BCUT2D eigenvalue weighted by molar-refractivity contribution is 7.88. The second-order valence-corrected chi connectivity index (χ2v) is 9.48. The van der Waals surface area contributed by atoms with E-state index in [-0.39, 0.29) is 33.2 Å². The lowest BCUT2D eigenvalue weighted by Crippen LogP contribution is -2.46. The summed E-state index contributed by atoms with van der Waals surface area (Å²) in [6, 6.07) is 11.5. The third kappa shape index (κ3) is 4.97. The highest BCUT2D eigenvalue weighted by Crippen LogP contribution is 2.31. The fourth-order valence-corrected chi connectivity index (χ4v) is 5.21. The fourth-order valence-electron chi connectivity index (χ4n) is 3.16. The number of amides is 1. The van der Waals surface area contributed by atoms with Crippen LogP contribution < -0.4 is 5.32 Å². The molecule has 6 nitrogen and oxygen atoms in total. The van der Waals surface area contributed by atoms with Crippen molar-refractivity contribution in [1.29, 1.82) is 0 Å². The Labute approximate surface area is 174 Å². The summed E-state index contributed by atoms with van der Waals surface area (Å²) in [7, 11) is -3.41. The summed E-state index contributed by atoms with van der Waals surface area (Å²) < 4.78 is 26.7. The van der Waals surface area contributed by atoms with E-state index in [1.807, 2.05) is 18.2 Å². The van der Waals surface area contributed by atoms with Crippen LogP contribution in [0.1, 0.15) is 28.8 Å². The zero-order valence-corrected chi connectivity index (χ0v) is 17.3. The van der Waals surface area contributed by atoms with Crippen LogP contribution in [0.4, 0.5) is 0 Å². The molecule has 0 bridgehead atoms. The molecule has 1 aliphatic rings. The second-order valence-electron chi connectivity index (χ2n) is 6.67. The lowest BCUT2D eigenvalue weighted by molar-refractivity contribution is 0.0921. The highest BCUT2D eigenvalue weighted by Gasteiger charge is 2.29. The minimum Gasteiger partial charge on any atom is -0.506 e. The number of phenolic OH excluding ortho intramolecular Hbond substituents is 1. The number of halogens is 2. The maximum atomic E-state index is 12.6. The molecular formula is C19H20Cl2N2O4S. The summed E-state index contributed by atoms with van der Waals surface area (Å²) in [5.74, 6) is -0.862. The van der Waals surface area contributed by atoms with E-state index in [0.29, 0.717) is 25.9 Å². The predicted molar refractivity (Wildman–Crippen MR) is 109 cm³/mol. The molecule has 9 heteroatoms. The summed E-state index contributed by atoms with van der Waals surface area (Å²) >= 11 is 11.7. The van der Waals surface area contributed by atoms with Crippen molar-refractivity contribution < 1.29 is 18.3 Å². The maximum absolute atomic E-state index is 12.6. The number of sulfonamides is 1.